The number of aromatic nitrogens is 3. The molecule has 1 unspecified atom stereocenters. The number of aryl methyl sites for hydroxylation is 3. The van der Waals surface area contributed by atoms with E-state index in [1.54, 1.807) is 24.5 Å². The molecule has 11 heteroatoms. The van der Waals surface area contributed by atoms with Crippen LogP contribution < -0.4 is 21.9 Å². The Morgan fingerprint density at radius 2 is 1.80 bits per heavy atom. The summed E-state index contributed by atoms with van der Waals surface area (Å²) in [5.74, 6) is 1.79. The van der Waals surface area contributed by atoms with Crippen LogP contribution in [0.3, 0.4) is 0 Å². The second-order valence-electron chi connectivity index (χ2n) is 14.8. The zero-order chi connectivity index (χ0) is 35.6. The quantitative estimate of drug-likeness (QED) is 0.147. The first-order valence-corrected chi connectivity index (χ1v) is 17.9. The lowest BCUT2D eigenvalue weighted by Crippen LogP contribution is -2.40. The van der Waals surface area contributed by atoms with E-state index >= 15 is 0 Å². The van der Waals surface area contributed by atoms with Crippen molar-refractivity contribution in [2.45, 2.75) is 84.5 Å². The molecule has 2 aromatic carbocycles. The van der Waals surface area contributed by atoms with Gasteiger partial charge in [0.15, 0.2) is 0 Å². The van der Waals surface area contributed by atoms with E-state index in [2.05, 4.69) is 32.5 Å². The molecule has 1 aliphatic heterocycles. The highest BCUT2D eigenvalue weighted by atomic mass is 19.4. The van der Waals surface area contributed by atoms with E-state index in [1.165, 1.54) is 57.7 Å². The zero-order valence-electron chi connectivity index (χ0n) is 29.7. The van der Waals surface area contributed by atoms with Gasteiger partial charge in [0.2, 0.25) is 0 Å². The van der Waals surface area contributed by atoms with Gasteiger partial charge in [-0.2, -0.15) is 13.2 Å². The fourth-order valence-electron chi connectivity index (χ4n) is 8.03. The molecule has 2 aliphatic rings. The Bertz CT molecular complexity index is 1870. The number of rotatable bonds is 10. The first-order chi connectivity index (χ1) is 23.8. The first-order valence-electron chi connectivity index (χ1n) is 17.9. The highest BCUT2D eigenvalue weighted by Gasteiger charge is 2.36. The van der Waals surface area contributed by atoms with Crippen molar-refractivity contribution in [2.24, 2.45) is 11.3 Å². The summed E-state index contributed by atoms with van der Waals surface area (Å²) in [7, 11) is 2.20. The van der Waals surface area contributed by atoms with Crippen molar-refractivity contribution in [3.63, 3.8) is 0 Å². The maximum absolute atomic E-state index is 13.5. The fraction of sp³-hybridized carbons (Fsp3) is 0.513. The average Bonchev–Trinajstić information content (AvgIpc) is 3.06. The number of pyridine rings is 1. The number of anilines is 2. The number of nitrogens with two attached hydrogens (primary N) is 1. The molecule has 0 amide bonds. The van der Waals surface area contributed by atoms with Gasteiger partial charge in [-0.25, -0.2) is 9.97 Å². The Kier molecular flexibility index (Phi) is 10.6. The van der Waals surface area contributed by atoms with Gasteiger partial charge in [0.05, 0.1) is 17.1 Å². The molecule has 2 fully saturated rings. The molecule has 8 nitrogen and oxygen atoms in total. The standard InChI is InChI=1S/C39H50F3N7O/c1-25-18-35-34(37(47-27(3)46-35)45-26(2)30-19-31(39(40,41)42)22-32(43)20-30)23-33(25)29-8-17-49(36(50)21-29)16-5-15-48(4)24-28-6-9-38(10-7-28)11-13-44-14-12-38/h8,17-23,26,28,44H,5-7,9-16,24,43H2,1-4H3,(H,45,46,47). The van der Waals surface area contributed by atoms with Crippen LogP contribution in [0.5, 0.6) is 0 Å². The van der Waals surface area contributed by atoms with Crippen molar-refractivity contribution >= 4 is 22.4 Å². The third-order valence-electron chi connectivity index (χ3n) is 11.0. The largest absolute Gasteiger partial charge is 0.416 e. The summed E-state index contributed by atoms with van der Waals surface area (Å²) < 4.78 is 42.3. The molecular weight excluding hydrogens is 639 g/mol. The number of hydrogen-bond donors (Lipinski definition) is 3. The van der Waals surface area contributed by atoms with Crippen LogP contribution in [0, 0.1) is 25.2 Å². The van der Waals surface area contributed by atoms with E-state index in [9.17, 15) is 18.0 Å². The number of nitrogens with one attached hydrogen (secondary N) is 2. The van der Waals surface area contributed by atoms with Crippen molar-refractivity contribution in [1.29, 1.82) is 0 Å². The van der Waals surface area contributed by atoms with E-state index in [-0.39, 0.29) is 11.2 Å². The Hall–Kier alpha value is -3.96. The van der Waals surface area contributed by atoms with Crippen molar-refractivity contribution in [2.75, 3.05) is 44.3 Å². The number of benzene rings is 2. The molecule has 3 heterocycles. The van der Waals surface area contributed by atoms with E-state index in [0.29, 0.717) is 40.1 Å². The lowest BCUT2D eigenvalue weighted by molar-refractivity contribution is -0.137. The summed E-state index contributed by atoms with van der Waals surface area (Å²) in [6, 6.07) is 10.6. The fourth-order valence-corrected chi connectivity index (χ4v) is 8.03. The van der Waals surface area contributed by atoms with Crippen LogP contribution in [0.25, 0.3) is 22.0 Å². The first kappa shape index (κ1) is 35.9. The topological polar surface area (TPSA) is 101 Å². The van der Waals surface area contributed by atoms with Gasteiger partial charge < -0.3 is 25.8 Å². The smallest absolute Gasteiger partial charge is 0.399 e. The summed E-state index contributed by atoms with van der Waals surface area (Å²) in [6.45, 7) is 10.6. The number of halogens is 3. The molecule has 1 spiro atoms. The van der Waals surface area contributed by atoms with Crippen LogP contribution in [0.2, 0.25) is 0 Å². The van der Waals surface area contributed by atoms with Crippen molar-refractivity contribution < 1.29 is 13.2 Å². The maximum Gasteiger partial charge on any atom is 0.416 e. The van der Waals surface area contributed by atoms with Crippen LogP contribution in [-0.2, 0) is 12.7 Å². The van der Waals surface area contributed by atoms with E-state index in [1.807, 2.05) is 31.3 Å². The normalized spacial score (nSPS) is 17.4. The molecule has 1 aliphatic carbocycles. The summed E-state index contributed by atoms with van der Waals surface area (Å²) in [6.07, 6.45) is 6.30. The van der Waals surface area contributed by atoms with Crippen LogP contribution in [0.4, 0.5) is 24.7 Å². The lowest BCUT2D eigenvalue weighted by Gasteiger charge is -2.43. The van der Waals surface area contributed by atoms with Crippen molar-refractivity contribution in [3.8, 4) is 11.1 Å². The van der Waals surface area contributed by atoms with E-state index < -0.39 is 17.8 Å². The van der Waals surface area contributed by atoms with Crippen molar-refractivity contribution in [3.05, 3.63) is 81.5 Å². The second kappa shape index (κ2) is 14.7. The summed E-state index contributed by atoms with van der Waals surface area (Å²) >= 11 is 0. The predicted octanol–water partition coefficient (Wildman–Crippen LogP) is 7.73. The molecule has 50 heavy (non-hydrogen) atoms. The van der Waals surface area contributed by atoms with Crippen LogP contribution in [-0.4, -0.2) is 52.7 Å². The molecule has 4 N–H and O–H groups in total. The summed E-state index contributed by atoms with van der Waals surface area (Å²) in [5.41, 5.74) is 9.32. The van der Waals surface area contributed by atoms with Gasteiger partial charge in [-0.05, 0) is 162 Å². The minimum atomic E-state index is -4.51. The second-order valence-corrected chi connectivity index (χ2v) is 14.8. The Balaban J connectivity index is 1.12. The molecule has 1 saturated heterocycles. The SMILES string of the molecule is Cc1nc(NC(C)c2cc(N)cc(C(F)(F)F)c2)c2cc(-c3ccn(CCCN(C)CC4CCC5(CCNCC5)CC4)c(=O)c3)c(C)cc2n1. The highest BCUT2D eigenvalue weighted by molar-refractivity contribution is 5.94. The molecule has 1 atom stereocenters. The van der Waals surface area contributed by atoms with Gasteiger partial charge in [0.1, 0.15) is 11.6 Å². The number of fused-ring (bicyclic) bond motifs is 1. The van der Waals surface area contributed by atoms with E-state index in [4.69, 9.17) is 5.73 Å². The van der Waals surface area contributed by atoms with Crippen LogP contribution in [0.15, 0.2) is 53.5 Å². The van der Waals surface area contributed by atoms with Gasteiger partial charge in [0.25, 0.3) is 5.56 Å². The minimum Gasteiger partial charge on any atom is -0.399 e. The van der Waals surface area contributed by atoms with Crippen LogP contribution >= 0.6 is 0 Å². The molecule has 0 radical (unpaired) electrons. The van der Waals surface area contributed by atoms with Gasteiger partial charge >= 0.3 is 6.18 Å². The minimum absolute atomic E-state index is 0.0386. The van der Waals surface area contributed by atoms with Crippen molar-refractivity contribution in [1.82, 2.24) is 24.8 Å². The van der Waals surface area contributed by atoms with Crippen LogP contribution in [0.1, 0.15) is 80.4 Å². The molecular formula is C39H50F3N7O. The lowest BCUT2D eigenvalue weighted by atomic mass is 9.66. The monoisotopic (exact) mass is 689 g/mol. The number of piperidine rings is 1. The number of nitrogen functional groups attached to an aromatic ring is 1. The number of alkyl halides is 3. The molecule has 6 rings (SSSR count). The Morgan fingerprint density at radius 1 is 1.06 bits per heavy atom. The molecule has 0 bridgehead atoms. The highest BCUT2D eigenvalue weighted by Crippen LogP contribution is 2.45. The molecule has 1 saturated carbocycles. The molecule has 268 valence electrons. The molecule has 2 aromatic heterocycles. The van der Waals surface area contributed by atoms with Gasteiger partial charge in [-0.1, -0.05) is 0 Å². The van der Waals surface area contributed by atoms with Gasteiger partial charge in [-0.15, -0.1) is 0 Å². The zero-order valence-corrected chi connectivity index (χ0v) is 29.7. The van der Waals surface area contributed by atoms with E-state index in [0.717, 1.165) is 54.3 Å². The molecule has 4 aromatic rings. The van der Waals surface area contributed by atoms with Gasteiger partial charge in [-0.3, -0.25) is 4.79 Å². The summed E-state index contributed by atoms with van der Waals surface area (Å²) in [5, 5.41) is 7.51. The predicted molar refractivity (Wildman–Crippen MR) is 195 cm³/mol. The number of hydrogen-bond acceptors (Lipinski definition) is 7. The average molecular weight is 690 g/mol. The third-order valence-corrected chi connectivity index (χ3v) is 11.0. The summed E-state index contributed by atoms with van der Waals surface area (Å²) in [4.78, 5) is 24.9. The Labute approximate surface area is 292 Å². The Morgan fingerprint density at radius 3 is 2.50 bits per heavy atom. The third kappa shape index (κ3) is 8.32. The number of nitrogens with zero attached hydrogens (tertiary/aromatic N) is 4. The maximum atomic E-state index is 13.5. The van der Waals surface area contributed by atoms with Gasteiger partial charge in [0, 0.05) is 36.4 Å².